The summed E-state index contributed by atoms with van der Waals surface area (Å²) in [4.78, 5) is 11.2. The SMILES string of the molecule is CCOC(=O)CCCCCCCCCCC[N+](CC)(CC)CC.COBr. The number of nitrogens with zero attached hydrogens (tertiary/aromatic N) is 1. The molecule has 0 saturated carbocycles. The van der Waals surface area contributed by atoms with Crippen LogP contribution < -0.4 is 0 Å². The minimum atomic E-state index is -0.0341. The molecule has 158 valence electrons. The molecule has 0 amide bonds. The van der Waals surface area contributed by atoms with Gasteiger partial charge in [-0.05, 0) is 47.0 Å². The minimum absolute atomic E-state index is 0.0341. The summed E-state index contributed by atoms with van der Waals surface area (Å²) in [5.74, 6) is -0.0341. The summed E-state index contributed by atoms with van der Waals surface area (Å²) in [6.45, 7) is 14.5. The summed E-state index contributed by atoms with van der Waals surface area (Å²) in [5, 5.41) is 0. The van der Waals surface area contributed by atoms with Gasteiger partial charge in [0, 0.05) is 6.42 Å². The highest BCUT2D eigenvalue weighted by molar-refractivity contribution is 9.06. The van der Waals surface area contributed by atoms with Crippen LogP contribution >= 0.6 is 16.3 Å². The van der Waals surface area contributed by atoms with E-state index in [9.17, 15) is 4.79 Å². The third-order valence-electron chi connectivity index (χ3n) is 5.33. The largest absolute Gasteiger partial charge is 0.466 e. The lowest BCUT2D eigenvalue weighted by molar-refractivity contribution is -0.923. The lowest BCUT2D eigenvalue weighted by atomic mass is 10.1. The second-order valence-corrected chi connectivity index (χ2v) is 7.55. The molecule has 0 fully saturated rings. The minimum Gasteiger partial charge on any atom is -0.466 e. The first-order valence-corrected chi connectivity index (χ1v) is 11.4. The van der Waals surface area contributed by atoms with Crippen molar-refractivity contribution >= 4 is 22.2 Å². The van der Waals surface area contributed by atoms with Gasteiger partial charge in [-0.15, -0.1) is 0 Å². The van der Waals surface area contributed by atoms with Crippen LogP contribution in [0.3, 0.4) is 0 Å². The zero-order chi connectivity index (χ0) is 20.1. The Bertz CT molecular complexity index is 289. The average molecular weight is 439 g/mol. The molecule has 0 atom stereocenters. The van der Waals surface area contributed by atoms with Crippen molar-refractivity contribution in [2.45, 2.75) is 91.9 Å². The van der Waals surface area contributed by atoms with Crippen LogP contribution in [0.15, 0.2) is 0 Å². The van der Waals surface area contributed by atoms with E-state index in [0.29, 0.717) is 13.0 Å². The average Bonchev–Trinajstić information content (AvgIpc) is 2.64. The molecule has 0 aromatic heterocycles. The fraction of sp³-hybridized carbons (Fsp3) is 0.952. The lowest BCUT2D eigenvalue weighted by Crippen LogP contribution is -2.48. The van der Waals surface area contributed by atoms with Crippen molar-refractivity contribution < 1.29 is 17.8 Å². The Hall–Kier alpha value is -0.130. The predicted molar refractivity (Wildman–Crippen MR) is 115 cm³/mol. The number of carbonyl (C=O) groups excluding carboxylic acids is 1. The number of esters is 1. The molecule has 0 aliphatic rings. The highest BCUT2D eigenvalue weighted by atomic mass is 79.9. The Morgan fingerprint density at radius 2 is 1.15 bits per heavy atom. The molecule has 0 aromatic rings. The number of rotatable bonds is 16. The predicted octanol–water partition coefficient (Wildman–Crippen LogP) is 6.27. The second-order valence-electron chi connectivity index (χ2n) is 6.91. The Balaban J connectivity index is 0. The van der Waals surface area contributed by atoms with E-state index in [1.54, 1.807) is 7.11 Å². The Labute approximate surface area is 172 Å². The number of ether oxygens (including phenoxy) is 1. The van der Waals surface area contributed by atoms with E-state index in [0.717, 1.165) is 6.42 Å². The summed E-state index contributed by atoms with van der Waals surface area (Å²) in [7, 11) is 1.54. The highest BCUT2D eigenvalue weighted by Gasteiger charge is 2.19. The molecule has 0 heterocycles. The van der Waals surface area contributed by atoms with Crippen LogP contribution in [0, 0.1) is 0 Å². The molecule has 5 heteroatoms. The van der Waals surface area contributed by atoms with E-state index in [1.807, 2.05) is 6.92 Å². The van der Waals surface area contributed by atoms with Crippen LogP contribution in [0.1, 0.15) is 91.9 Å². The molecule has 0 aliphatic carbocycles. The first-order valence-electron chi connectivity index (χ1n) is 10.7. The van der Waals surface area contributed by atoms with Gasteiger partial charge in [-0.3, -0.25) is 4.79 Å². The second kappa shape index (κ2) is 21.2. The third kappa shape index (κ3) is 17.3. The number of halogens is 1. The van der Waals surface area contributed by atoms with Gasteiger partial charge in [0.15, 0.2) is 0 Å². The molecule has 0 aromatic carbocycles. The van der Waals surface area contributed by atoms with Crippen molar-refractivity contribution in [2.75, 3.05) is 39.9 Å². The van der Waals surface area contributed by atoms with E-state index in [1.165, 1.54) is 82.0 Å². The summed E-state index contributed by atoms with van der Waals surface area (Å²) in [5.41, 5.74) is 0. The lowest BCUT2D eigenvalue weighted by Gasteiger charge is -2.35. The van der Waals surface area contributed by atoms with Gasteiger partial charge in [0.05, 0.1) is 56.2 Å². The molecular formula is C21H45BrNO3+. The molecule has 0 rings (SSSR count). The summed E-state index contributed by atoms with van der Waals surface area (Å²) >= 11 is 2.65. The van der Waals surface area contributed by atoms with Gasteiger partial charge < -0.3 is 13.0 Å². The third-order valence-corrected chi connectivity index (χ3v) is 5.33. The van der Waals surface area contributed by atoms with E-state index in [-0.39, 0.29) is 5.97 Å². The molecular weight excluding hydrogens is 394 g/mol. The quantitative estimate of drug-likeness (QED) is 0.162. The van der Waals surface area contributed by atoms with Crippen molar-refractivity contribution in [3.05, 3.63) is 0 Å². The first-order chi connectivity index (χ1) is 12.6. The maximum absolute atomic E-state index is 11.2. The highest BCUT2D eigenvalue weighted by Crippen LogP contribution is 2.13. The maximum atomic E-state index is 11.2. The van der Waals surface area contributed by atoms with Crippen LogP contribution in [0.2, 0.25) is 0 Å². The molecule has 0 radical (unpaired) electrons. The van der Waals surface area contributed by atoms with Crippen molar-refractivity contribution in [3.8, 4) is 0 Å². The Morgan fingerprint density at radius 1 is 0.769 bits per heavy atom. The van der Waals surface area contributed by atoms with Crippen LogP contribution in [-0.4, -0.2) is 50.3 Å². The molecule has 0 saturated heterocycles. The van der Waals surface area contributed by atoms with Crippen LogP contribution in [0.5, 0.6) is 0 Å². The van der Waals surface area contributed by atoms with Gasteiger partial charge in [0.25, 0.3) is 0 Å². The van der Waals surface area contributed by atoms with Crippen molar-refractivity contribution in [1.82, 2.24) is 0 Å². The Kier molecular flexibility index (Phi) is 22.9. The van der Waals surface area contributed by atoms with E-state index in [4.69, 9.17) is 4.74 Å². The summed E-state index contributed by atoms with van der Waals surface area (Å²) in [6.07, 6.45) is 12.2. The van der Waals surface area contributed by atoms with E-state index < -0.39 is 0 Å². The van der Waals surface area contributed by atoms with Gasteiger partial charge in [-0.25, -0.2) is 0 Å². The van der Waals surface area contributed by atoms with Gasteiger partial charge in [-0.1, -0.05) is 38.5 Å². The summed E-state index contributed by atoms with van der Waals surface area (Å²) in [6, 6.07) is 0. The standard InChI is InChI=1S/C20H42NO2.CH3BrO/c1-5-21(6-2,7-3)19-17-15-13-11-9-10-12-14-16-18-20(22)23-8-4;1-3-2/h5-19H2,1-4H3;1H3/q+1;. The zero-order valence-corrected chi connectivity index (χ0v) is 19.7. The number of unbranched alkanes of at least 4 members (excludes halogenated alkanes) is 8. The molecule has 0 unspecified atom stereocenters. The van der Waals surface area contributed by atoms with Crippen LogP contribution in [-0.2, 0) is 13.4 Å². The van der Waals surface area contributed by atoms with Crippen molar-refractivity contribution in [2.24, 2.45) is 0 Å². The molecule has 0 N–H and O–H groups in total. The molecule has 0 aliphatic heterocycles. The molecule has 0 spiro atoms. The van der Waals surface area contributed by atoms with Crippen molar-refractivity contribution in [1.29, 1.82) is 0 Å². The van der Waals surface area contributed by atoms with Gasteiger partial charge >= 0.3 is 5.97 Å². The summed E-state index contributed by atoms with van der Waals surface area (Å²) < 4.78 is 10.3. The molecule has 26 heavy (non-hydrogen) atoms. The van der Waals surface area contributed by atoms with Gasteiger partial charge in [-0.2, -0.15) is 0 Å². The van der Waals surface area contributed by atoms with E-state index in [2.05, 4.69) is 40.9 Å². The normalized spacial score (nSPS) is 11.0. The van der Waals surface area contributed by atoms with E-state index >= 15 is 0 Å². The number of hydrogen-bond acceptors (Lipinski definition) is 3. The zero-order valence-electron chi connectivity index (χ0n) is 18.2. The van der Waals surface area contributed by atoms with Gasteiger partial charge in [0.2, 0.25) is 0 Å². The fourth-order valence-corrected chi connectivity index (χ4v) is 3.33. The van der Waals surface area contributed by atoms with Crippen LogP contribution in [0.4, 0.5) is 0 Å². The topological polar surface area (TPSA) is 35.5 Å². The number of quaternary nitrogens is 1. The van der Waals surface area contributed by atoms with Crippen molar-refractivity contribution in [3.63, 3.8) is 0 Å². The number of hydrogen-bond donors (Lipinski definition) is 0. The monoisotopic (exact) mass is 438 g/mol. The maximum Gasteiger partial charge on any atom is 0.305 e. The first kappa shape index (κ1) is 28.1. The molecule has 4 nitrogen and oxygen atoms in total. The molecule has 0 bridgehead atoms. The van der Waals surface area contributed by atoms with Gasteiger partial charge in [0.1, 0.15) is 0 Å². The fourth-order valence-electron chi connectivity index (χ4n) is 3.33. The Morgan fingerprint density at radius 3 is 1.54 bits per heavy atom. The number of carbonyl (C=O) groups is 1. The van der Waals surface area contributed by atoms with Crippen LogP contribution in [0.25, 0.3) is 0 Å². The smallest absolute Gasteiger partial charge is 0.305 e.